The Hall–Kier alpha value is -2.20. The molecule has 1 unspecified atom stereocenters. The van der Waals surface area contributed by atoms with Crippen LogP contribution in [0.5, 0.6) is 0 Å². The molecule has 108 valence electrons. The number of aliphatic hydroxyl groups is 1. The molecule has 0 heterocycles. The Kier molecular flexibility index (Phi) is 5.89. The van der Waals surface area contributed by atoms with Gasteiger partial charge in [-0.15, -0.1) is 0 Å². The number of hydrogen-bond acceptors (Lipinski definition) is 7. The summed E-state index contributed by atoms with van der Waals surface area (Å²) in [6, 6.07) is -1.50. The smallest absolute Gasteiger partial charge is 0.336 e. The average molecular weight is 279 g/mol. The van der Waals surface area contributed by atoms with E-state index in [1.165, 1.54) is 0 Å². The zero-order valence-corrected chi connectivity index (χ0v) is 9.61. The van der Waals surface area contributed by atoms with E-state index in [4.69, 9.17) is 21.1 Å². The van der Waals surface area contributed by atoms with E-state index in [1.54, 1.807) is 0 Å². The van der Waals surface area contributed by atoms with Gasteiger partial charge in [0.1, 0.15) is 12.6 Å². The minimum absolute atomic E-state index is 0.725. The van der Waals surface area contributed by atoms with Gasteiger partial charge in [0.05, 0.1) is 12.8 Å². The lowest BCUT2D eigenvalue weighted by atomic mass is 9.96. The fourth-order valence-corrected chi connectivity index (χ4v) is 1.01. The predicted molar refractivity (Wildman–Crippen MR) is 56.0 cm³/mol. The molecule has 0 aliphatic carbocycles. The summed E-state index contributed by atoms with van der Waals surface area (Å²) in [7, 11) is 0. The van der Waals surface area contributed by atoms with Gasteiger partial charge < -0.3 is 30.9 Å². The molecule has 6 N–H and O–H groups in total. The van der Waals surface area contributed by atoms with Gasteiger partial charge in [-0.05, 0) is 0 Å². The standard InChI is InChI=1S/C9H13NO9/c10-4(7(14)15)3-19-6(13)2-9(18,8(16)17)1-5(11)12/h4,18H,1-3,10H2,(H,11,12)(H,14,15)(H,16,17)/t4-,9?/m0/s1. The van der Waals surface area contributed by atoms with Crippen molar-refractivity contribution in [1.82, 2.24) is 0 Å². The lowest BCUT2D eigenvalue weighted by Crippen LogP contribution is -2.44. The van der Waals surface area contributed by atoms with Crippen molar-refractivity contribution in [3.8, 4) is 0 Å². The van der Waals surface area contributed by atoms with Crippen LogP contribution in [0.3, 0.4) is 0 Å². The molecule has 19 heavy (non-hydrogen) atoms. The molecule has 0 fully saturated rings. The van der Waals surface area contributed by atoms with Crippen molar-refractivity contribution in [2.45, 2.75) is 24.5 Å². The monoisotopic (exact) mass is 279 g/mol. The van der Waals surface area contributed by atoms with Crippen LogP contribution < -0.4 is 5.73 Å². The molecule has 10 nitrogen and oxygen atoms in total. The first-order chi connectivity index (χ1) is 8.58. The molecule has 0 rings (SSSR count). The third-order valence-corrected chi connectivity index (χ3v) is 2.02. The average Bonchev–Trinajstić information content (AvgIpc) is 2.24. The maximum Gasteiger partial charge on any atom is 0.336 e. The largest absolute Gasteiger partial charge is 0.481 e. The number of esters is 1. The molecule has 0 aromatic rings. The van der Waals surface area contributed by atoms with E-state index in [-0.39, 0.29) is 0 Å². The van der Waals surface area contributed by atoms with E-state index < -0.39 is 55.0 Å². The Morgan fingerprint density at radius 2 is 1.63 bits per heavy atom. The zero-order chi connectivity index (χ0) is 15.2. The summed E-state index contributed by atoms with van der Waals surface area (Å²) in [4.78, 5) is 42.6. The normalized spacial score (nSPS) is 15.1. The number of carboxylic acids is 3. The highest BCUT2D eigenvalue weighted by molar-refractivity contribution is 5.88. The molecular weight excluding hydrogens is 266 g/mol. The van der Waals surface area contributed by atoms with Gasteiger partial charge in [-0.3, -0.25) is 14.4 Å². The van der Waals surface area contributed by atoms with Gasteiger partial charge in [-0.2, -0.15) is 0 Å². The summed E-state index contributed by atoms with van der Waals surface area (Å²) in [5.74, 6) is -6.25. The molecule has 0 aromatic heterocycles. The third kappa shape index (κ3) is 5.79. The first-order valence-corrected chi connectivity index (χ1v) is 4.90. The van der Waals surface area contributed by atoms with Crippen LogP contribution in [0.25, 0.3) is 0 Å². The Balaban J connectivity index is 4.53. The van der Waals surface area contributed by atoms with E-state index in [9.17, 15) is 24.3 Å². The summed E-state index contributed by atoms with van der Waals surface area (Å²) in [6.45, 7) is -0.725. The number of hydrogen-bond donors (Lipinski definition) is 5. The number of carbonyl (C=O) groups is 4. The van der Waals surface area contributed by atoms with Crippen molar-refractivity contribution in [3.05, 3.63) is 0 Å². The van der Waals surface area contributed by atoms with Gasteiger partial charge in [0.2, 0.25) is 0 Å². The SMILES string of the molecule is N[C@@H](COC(=O)CC(O)(CC(=O)O)C(=O)O)C(=O)O. The Morgan fingerprint density at radius 1 is 1.11 bits per heavy atom. The molecule has 2 atom stereocenters. The highest BCUT2D eigenvalue weighted by Crippen LogP contribution is 2.17. The third-order valence-electron chi connectivity index (χ3n) is 2.02. The van der Waals surface area contributed by atoms with Crippen LogP contribution in [-0.4, -0.2) is 62.6 Å². The van der Waals surface area contributed by atoms with Gasteiger partial charge in [-0.25, -0.2) is 4.79 Å². The zero-order valence-electron chi connectivity index (χ0n) is 9.61. The summed E-state index contributed by atoms with van der Waals surface area (Å²) in [5, 5.41) is 35.0. The molecule has 0 spiro atoms. The molecule has 0 amide bonds. The molecular formula is C9H13NO9. The maximum atomic E-state index is 11.2. The number of nitrogens with two attached hydrogens (primary N) is 1. The first-order valence-electron chi connectivity index (χ1n) is 4.90. The van der Waals surface area contributed by atoms with Crippen LogP contribution in [-0.2, 0) is 23.9 Å². The lowest BCUT2D eigenvalue weighted by molar-refractivity contribution is -0.172. The Bertz CT molecular complexity index is 393. The van der Waals surface area contributed by atoms with E-state index in [0.29, 0.717) is 0 Å². The van der Waals surface area contributed by atoms with Crippen molar-refractivity contribution in [1.29, 1.82) is 0 Å². The quantitative estimate of drug-likeness (QED) is 0.300. The molecule has 0 aromatic carbocycles. The number of rotatable bonds is 8. The van der Waals surface area contributed by atoms with E-state index >= 15 is 0 Å². The second-order valence-electron chi connectivity index (χ2n) is 3.71. The Labute approximate surface area is 106 Å². The summed E-state index contributed by atoms with van der Waals surface area (Å²) < 4.78 is 4.33. The van der Waals surface area contributed by atoms with Gasteiger partial charge in [-0.1, -0.05) is 0 Å². The highest BCUT2D eigenvalue weighted by Gasteiger charge is 2.41. The molecule has 0 aliphatic rings. The van der Waals surface area contributed by atoms with Crippen molar-refractivity contribution in [2.24, 2.45) is 5.73 Å². The molecule has 0 saturated carbocycles. The fourth-order valence-electron chi connectivity index (χ4n) is 1.01. The van der Waals surface area contributed by atoms with Gasteiger partial charge >= 0.3 is 23.9 Å². The Morgan fingerprint density at radius 3 is 2.00 bits per heavy atom. The van der Waals surface area contributed by atoms with E-state index in [0.717, 1.165) is 0 Å². The number of aliphatic carboxylic acids is 3. The van der Waals surface area contributed by atoms with Gasteiger partial charge in [0.15, 0.2) is 5.60 Å². The molecule has 0 bridgehead atoms. The minimum atomic E-state index is -2.82. The van der Waals surface area contributed by atoms with Gasteiger partial charge in [0.25, 0.3) is 0 Å². The summed E-state index contributed by atoms with van der Waals surface area (Å²) in [6.07, 6.45) is -2.34. The van der Waals surface area contributed by atoms with E-state index in [1.807, 2.05) is 0 Å². The second-order valence-corrected chi connectivity index (χ2v) is 3.71. The summed E-state index contributed by atoms with van der Waals surface area (Å²) in [5.41, 5.74) is 2.20. The second kappa shape index (κ2) is 6.66. The van der Waals surface area contributed by atoms with Crippen LogP contribution >= 0.6 is 0 Å². The van der Waals surface area contributed by atoms with Crippen LogP contribution in [0, 0.1) is 0 Å². The van der Waals surface area contributed by atoms with Crippen LogP contribution in [0.2, 0.25) is 0 Å². The van der Waals surface area contributed by atoms with Gasteiger partial charge in [0, 0.05) is 0 Å². The number of ether oxygens (including phenoxy) is 1. The predicted octanol–water partition coefficient (Wildman–Crippen LogP) is -2.38. The topological polar surface area (TPSA) is 184 Å². The number of carboxylic acid groups (broad SMARTS) is 3. The fraction of sp³-hybridized carbons (Fsp3) is 0.556. The first kappa shape index (κ1) is 16.8. The van der Waals surface area contributed by atoms with Crippen LogP contribution in [0.4, 0.5) is 0 Å². The minimum Gasteiger partial charge on any atom is -0.481 e. The van der Waals surface area contributed by atoms with Crippen molar-refractivity contribution < 1.29 is 44.3 Å². The maximum absolute atomic E-state index is 11.2. The van der Waals surface area contributed by atoms with Crippen molar-refractivity contribution >= 4 is 23.9 Å². The number of carbonyl (C=O) groups excluding carboxylic acids is 1. The summed E-state index contributed by atoms with van der Waals surface area (Å²) >= 11 is 0. The molecule has 10 heteroatoms. The van der Waals surface area contributed by atoms with Crippen LogP contribution in [0.1, 0.15) is 12.8 Å². The van der Waals surface area contributed by atoms with Crippen molar-refractivity contribution in [2.75, 3.05) is 6.61 Å². The van der Waals surface area contributed by atoms with Crippen LogP contribution in [0.15, 0.2) is 0 Å². The van der Waals surface area contributed by atoms with E-state index in [2.05, 4.69) is 4.74 Å². The molecule has 0 saturated heterocycles. The highest BCUT2D eigenvalue weighted by atomic mass is 16.5. The molecule has 0 aliphatic heterocycles. The van der Waals surface area contributed by atoms with Crippen molar-refractivity contribution in [3.63, 3.8) is 0 Å². The lowest BCUT2D eigenvalue weighted by Gasteiger charge is -2.20. The molecule has 0 radical (unpaired) electrons.